The third-order valence-electron chi connectivity index (χ3n) is 4.48. The molecule has 0 unspecified atom stereocenters. The van der Waals surface area contributed by atoms with E-state index in [9.17, 15) is 4.79 Å². The van der Waals surface area contributed by atoms with E-state index in [-0.39, 0.29) is 19.2 Å². The summed E-state index contributed by atoms with van der Waals surface area (Å²) >= 11 is 4.49. The van der Waals surface area contributed by atoms with Crippen LogP contribution in [0.2, 0.25) is 0 Å². The minimum atomic E-state index is -0.258. The van der Waals surface area contributed by atoms with Crippen molar-refractivity contribution in [3.63, 3.8) is 0 Å². The Morgan fingerprint density at radius 2 is 1.78 bits per heavy atom. The number of carbonyl (C=O) groups excluding carboxylic acids is 1. The van der Waals surface area contributed by atoms with Crippen LogP contribution in [-0.2, 0) is 11.4 Å². The molecule has 1 aliphatic rings. The molecule has 4 rings (SSSR count). The number of fused-ring (bicyclic) bond motifs is 1. The van der Waals surface area contributed by atoms with Crippen LogP contribution in [0, 0.1) is 7.14 Å². The molecule has 0 radical (unpaired) electrons. The number of amides is 1. The van der Waals surface area contributed by atoms with E-state index < -0.39 is 0 Å². The number of hydrogen-bond acceptors (Lipinski definition) is 6. The van der Waals surface area contributed by atoms with Crippen LogP contribution < -0.4 is 25.0 Å². The molecule has 0 atom stereocenters. The predicted molar refractivity (Wildman–Crippen MR) is 139 cm³/mol. The van der Waals surface area contributed by atoms with Crippen molar-refractivity contribution in [1.82, 2.24) is 5.43 Å². The van der Waals surface area contributed by atoms with Crippen molar-refractivity contribution < 1.29 is 19.0 Å². The van der Waals surface area contributed by atoms with Crippen LogP contribution in [0.1, 0.15) is 11.1 Å². The first kappa shape index (κ1) is 22.6. The van der Waals surface area contributed by atoms with Gasteiger partial charge in [-0.25, -0.2) is 5.43 Å². The van der Waals surface area contributed by atoms with Crippen LogP contribution >= 0.6 is 45.2 Å². The standard InChI is InChI=1S/C23H19I2N3O4/c24-18-8-16(9-19(25)23(18)30-13-15-4-2-1-3-5-15)11-27-28-22(29)12-26-17-6-7-20-21(10-17)32-14-31-20/h1-11,26H,12-14H2,(H,28,29)/b27-11-. The molecule has 3 aromatic carbocycles. The molecule has 0 bridgehead atoms. The molecule has 0 aliphatic carbocycles. The van der Waals surface area contributed by atoms with Gasteiger partial charge in [-0.3, -0.25) is 4.79 Å². The first-order chi connectivity index (χ1) is 15.6. The number of nitrogens with zero attached hydrogens (tertiary/aromatic N) is 1. The van der Waals surface area contributed by atoms with Gasteiger partial charge in [0.2, 0.25) is 6.79 Å². The van der Waals surface area contributed by atoms with E-state index in [1.807, 2.05) is 48.5 Å². The number of carbonyl (C=O) groups is 1. The van der Waals surface area contributed by atoms with Gasteiger partial charge in [0.15, 0.2) is 11.5 Å². The molecule has 1 heterocycles. The van der Waals surface area contributed by atoms with Crippen LogP contribution in [0.3, 0.4) is 0 Å². The molecule has 0 saturated carbocycles. The Morgan fingerprint density at radius 1 is 1.03 bits per heavy atom. The van der Waals surface area contributed by atoms with E-state index in [1.54, 1.807) is 18.3 Å². The molecule has 0 spiro atoms. The molecule has 9 heteroatoms. The smallest absolute Gasteiger partial charge is 0.259 e. The van der Waals surface area contributed by atoms with Crippen molar-refractivity contribution >= 4 is 63.0 Å². The molecular formula is C23H19I2N3O4. The first-order valence-electron chi connectivity index (χ1n) is 9.70. The van der Waals surface area contributed by atoms with Gasteiger partial charge in [-0.15, -0.1) is 0 Å². The lowest BCUT2D eigenvalue weighted by molar-refractivity contribution is -0.119. The third-order valence-corrected chi connectivity index (χ3v) is 6.08. The topological polar surface area (TPSA) is 81.2 Å². The molecule has 3 aromatic rings. The minimum Gasteiger partial charge on any atom is -0.487 e. The largest absolute Gasteiger partial charge is 0.487 e. The van der Waals surface area contributed by atoms with Crippen molar-refractivity contribution in [2.45, 2.75) is 6.61 Å². The lowest BCUT2D eigenvalue weighted by Gasteiger charge is -2.11. The molecule has 1 amide bonds. The fourth-order valence-corrected chi connectivity index (χ4v) is 5.06. The zero-order valence-corrected chi connectivity index (χ0v) is 21.1. The molecule has 2 N–H and O–H groups in total. The van der Waals surface area contributed by atoms with Gasteiger partial charge >= 0.3 is 0 Å². The molecule has 32 heavy (non-hydrogen) atoms. The summed E-state index contributed by atoms with van der Waals surface area (Å²) in [4.78, 5) is 12.1. The third kappa shape index (κ3) is 6.03. The maximum absolute atomic E-state index is 12.1. The number of hydrogen-bond donors (Lipinski definition) is 2. The number of ether oxygens (including phenoxy) is 3. The van der Waals surface area contributed by atoms with Gasteiger partial charge in [0, 0.05) is 11.8 Å². The second-order valence-corrected chi connectivity index (χ2v) is 9.13. The highest BCUT2D eigenvalue weighted by atomic mass is 127. The molecule has 164 valence electrons. The molecular weight excluding hydrogens is 636 g/mol. The van der Waals surface area contributed by atoms with Crippen molar-refractivity contribution in [3.05, 3.63) is 78.9 Å². The summed E-state index contributed by atoms with van der Waals surface area (Å²) in [5.41, 5.74) is 5.28. The van der Waals surface area contributed by atoms with Gasteiger partial charge in [0.25, 0.3) is 5.91 Å². The van der Waals surface area contributed by atoms with Crippen molar-refractivity contribution in [1.29, 1.82) is 0 Å². The van der Waals surface area contributed by atoms with Crippen LogP contribution in [0.5, 0.6) is 17.2 Å². The summed E-state index contributed by atoms with van der Waals surface area (Å²) < 4.78 is 18.6. The lowest BCUT2D eigenvalue weighted by Crippen LogP contribution is -2.25. The molecule has 7 nitrogen and oxygen atoms in total. The highest BCUT2D eigenvalue weighted by Crippen LogP contribution is 2.34. The van der Waals surface area contributed by atoms with Gasteiger partial charge in [0.05, 0.1) is 19.9 Å². The maximum Gasteiger partial charge on any atom is 0.259 e. The Labute approximate surface area is 212 Å². The molecule has 0 saturated heterocycles. The van der Waals surface area contributed by atoms with Gasteiger partial charge in [-0.1, -0.05) is 30.3 Å². The summed E-state index contributed by atoms with van der Waals surface area (Å²) in [6.45, 7) is 0.803. The Bertz CT molecular complexity index is 1120. The van der Waals surface area contributed by atoms with Crippen molar-refractivity contribution in [2.24, 2.45) is 5.10 Å². The normalized spacial score (nSPS) is 12.1. The summed E-state index contributed by atoms with van der Waals surface area (Å²) in [7, 11) is 0. The molecule has 1 aliphatic heterocycles. The van der Waals surface area contributed by atoms with E-state index in [2.05, 4.69) is 61.0 Å². The SMILES string of the molecule is O=C(CNc1ccc2c(c1)OCO2)N/N=C\c1cc(I)c(OCc2ccccc2)c(I)c1. The monoisotopic (exact) mass is 655 g/mol. The van der Waals surface area contributed by atoms with Crippen LogP contribution in [0.25, 0.3) is 0 Å². The van der Waals surface area contributed by atoms with E-state index in [0.717, 1.165) is 29.7 Å². The van der Waals surface area contributed by atoms with Gasteiger partial charge in [-0.05, 0) is 80.6 Å². The fourth-order valence-electron chi connectivity index (χ4n) is 2.93. The van der Waals surface area contributed by atoms with Gasteiger partial charge in [-0.2, -0.15) is 5.10 Å². The first-order valence-corrected chi connectivity index (χ1v) is 11.9. The van der Waals surface area contributed by atoms with E-state index in [4.69, 9.17) is 14.2 Å². The highest BCUT2D eigenvalue weighted by Gasteiger charge is 2.13. The van der Waals surface area contributed by atoms with Gasteiger partial charge < -0.3 is 19.5 Å². The molecule has 0 fully saturated rings. The van der Waals surface area contributed by atoms with Crippen molar-refractivity contribution in [2.75, 3.05) is 18.7 Å². The number of benzene rings is 3. The van der Waals surface area contributed by atoms with Crippen molar-refractivity contribution in [3.8, 4) is 17.2 Å². The quantitative estimate of drug-likeness (QED) is 0.208. The second-order valence-electron chi connectivity index (χ2n) is 6.80. The minimum absolute atomic E-state index is 0.0817. The number of anilines is 1. The zero-order chi connectivity index (χ0) is 22.3. The predicted octanol–water partition coefficient (Wildman–Crippen LogP) is 4.77. The van der Waals surface area contributed by atoms with Crippen LogP contribution in [0.4, 0.5) is 5.69 Å². The summed E-state index contributed by atoms with van der Waals surface area (Å²) in [5, 5.41) is 7.10. The van der Waals surface area contributed by atoms with Gasteiger partial charge in [0.1, 0.15) is 12.4 Å². The van der Waals surface area contributed by atoms with E-state index in [0.29, 0.717) is 18.1 Å². The Morgan fingerprint density at radius 3 is 2.56 bits per heavy atom. The highest BCUT2D eigenvalue weighted by molar-refractivity contribution is 14.1. The van der Waals surface area contributed by atoms with E-state index in [1.165, 1.54) is 0 Å². The van der Waals surface area contributed by atoms with Crippen LogP contribution in [-0.4, -0.2) is 25.5 Å². The fraction of sp³-hybridized carbons (Fsp3) is 0.130. The zero-order valence-electron chi connectivity index (χ0n) is 16.8. The Balaban J connectivity index is 1.28. The van der Waals surface area contributed by atoms with Crippen LogP contribution in [0.15, 0.2) is 65.8 Å². The lowest BCUT2D eigenvalue weighted by atomic mass is 10.2. The Kier molecular flexibility index (Phi) is 7.68. The molecule has 0 aromatic heterocycles. The second kappa shape index (κ2) is 10.9. The Hall–Kier alpha value is -2.54. The number of halogens is 2. The number of hydrazone groups is 1. The summed E-state index contributed by atoms with van der Waals surface area (Å²) in [6, 6.07) is 19.4. The average Bonchev–Trinajstić information content (AvgIpc) is 3.26. The number of rotatable bonds is 8. The summed E-state index contributed by atoms with van der Waals surface area (Å²) in [5.74, 6) is 1.94. The average molecular weight is 655 g/mol. The van der Waals surface area contributed by atoms with E-state index >= 15 is 0 Å². The maximum atomic E-state index is 12.1. The summed E-state index contributed by atoms with van der Waals surface area (Å²) in [6.07, 6.45) is 1.61. The number of nitrogens with one attached hydrogen (secondary N) is 2.